The number of aliphatic carboxylic acids is 1. The second-order valence-electron chi connectivity index (χ2n) is 12.1. The van der Waals surface area contributed by atoms with Crippen LogP contribution in [0.1, 0.15) is 58.3 Å². The van der Waals surface area contributed by atoms with E-state index in [1.165, 1.54) is 6.92 Å². The van der Waals surface area contributed by atoms with Gasteiger partial charge in [-0.25, -0.2) is 4.79 Å². The number of aliphatic hydroxyl groups is 3. The van der Waals surface area contributed by atoms with Gasteiger partial charge in [-0.2, -0.15) is 0 Å². The van der Waals surface area contributed by atoms with Gasteiger partial charge in [0.2, 0.25) is 0 Å². The summed E-state index contributed by atoms with van der Waals surface area (Å²) in [5.74, 6) is -10.3. The monoisotopic (exact) mass is 624 g/mol. The van der Waals surface area contributed by atoms with Crippen LogP contribution in [0.3, 0.4) is 0 Å². The Morgan fingerprint density at radius 1 is 0.977 bits per heavy atom. The van der Waals surface area contributed by atoms with E-state index in [1.54, 1.807) is 0 Å². The summed E-state index contributed by atoms with van der Waals surface area (Å²) in [5, 5.41) is 76.3. The molecule has 3 fully saturated rings. The Balaban J connectivity index is 1.50. The summed E-state index contributed by atoms with van der Waals surface area (Å²) in [6.07, 6.45) is -4.16. The van der Waals surface area contributed by atoms with Crippen molar-refractivity contribution in [2.75, 3.05) is 0 Å². The smallest absolute Gasteiger partial charge is 0.355 e. The van der Waals surface area contributed by atoms with E-state index in [0.717, 1.165) is 12.1 Å². The lowest BCUT2D eigenvalue weighted by atomic mass is 9.56. The van der Waals surface area contributed by atoms with E-state index in [9.17, 15) is 54.9 Å². The highest BCUT2D eigenvalue weighted by molar-refractivity contribution is 6.34. The van der Waals surface area contributed by atoms with Gasteiger partial charge in [0, 0.05) is 12.0 Å². The van der Waals surface area contributed by atoms with Gasteiger partial charge in [-0.1, -0.05) is 11.6 Å². The van der Waals surface area contributed by atoms with E-state index < -0.39 is 132 Å². The first kappa shape index (κ1) is 27.0. The number of hydrogen-bond donors (Lipinski definition) is 7. The van der Waals surface area contributed by atoms with E-state index in [2.05, 4.69) is 0 Å². The van der Waals surface area contributed by atoms with Crippen LogP contribution in [0, 0.1) is 5.41 Å². The molecule has 3 unspecified atom stereocenters. The van der Waals surface area contributed by atoms with Gasteiger partial charge in [-0.15, -0.1) is 0 Å². The number of carboxylic acids is 1. The summed E-state index contributed by atoms with van der Waals surface area (Å²) in [7, 11) is 0. The summed E-state index contributed by atoms with van der Waals surface area (Å²) in [6, 6.07) is 2.08. The van der Waals surface area contributed by atoms with Crippen LogP contribution < -0.4 is 4.74 Å². The van der Waals surface area contributed by atoms with Crippen molar-refractivity contribution in [2.24, 2.45) is 5.41 Å². The van der Waals surface area contributed by atoms with Gasteiger partial charge in [-0.05, 0) is 37.5 Å². The number of ketones is 3. The van der Waals surface area contributed by atoms with Crippen molar-refractivity contribution >= 4 is 46.4 Å². The SMILES string of the molecule is CC12OC1[C@]13Cc4c(Cl)c(O)c5c(c4C2C(=O)C1=C(O)c1c(O)ccc(O)c1C3=O)O[C@@]1(C(=O)O)C(=C5O)C(=O)CC[C@@H]1O. The van der Waals surface area contributed by atoms with E-state index in [-0.39, 0.29) is 24.0 Å². The molecule has 1 saturated heterocycles. The van der Waals surface area contributed by atoms with Gasteiger partial charge in [-0.3, -0.25) is 14.4 Å². The number of phenols is 3. The minimum atomic E-state index is -2.82. The molecule has 7 N–H and O–H groups in total. The summed E-state index contributed by atoms with van der Waals surface area (Å²) in [6.45, 7) is 1.50. The second-order valence-corrected chi connectivity index (χ2v) is 12.5. The quantitative estimate of drug-likeness (QED) is 0.178. The fourth-order valence-electron chi connectivity index (χ4n) is 8.23. The van der Waals surface area contributed by atoms with Crippen LogP contribution in [0.25, 0.3) is 11.5 Å². The number of epoxide rings is 1. The average Bonchev–Trinajstić information content (AvgIpc) is 3.69. The Bertz CT molecular complexity index is 1960. The van der Waals surface area contributed by atoms with E-state index in [1.807, 2.05) is 0 Å². The average molecular weight is 625 g/mol. The maximum absolute atomic E-state index is 14.5. The Hall–Kier alpha value is -4.59. The highest BCUT2D eigenvalue weighted by Crippen LogP contribution is 2.72. The molecule has 2 aromatic rings. The van der Waals surface area contributed by atoms with Gasteiger partial charge in [0.15, 0.2) is 17.3 Å². The van der Waals surface area contributed by atoms with Crippen molar-refractivity contribution in [1.29, 1.82) is 0 Å². The van der Waals surface area contributed by atoms with Crippen molar-refractivity contribution in [1.82, 2.24) is 0 Å². The number of carbonyl (C=O) groups excluding carboxylic acids is 3. The fourth-order valence-corrected chi connectivity index (χ4v) is 8.49. The lowest BCUT2D eigenvalue weighted by molar-refractivity contribution is -0.166. The molecule has 5 aliphatic carbocycles. The number of aromatic hydroxyl groups is 3. The van der Waals surface area contributed by atoms with Crippen molar-refractivity contribution in [2.45, 2.75) is 55.5 Å². The zero-order valence-corrected chi connectivity index (χ0v) is 23.2. The molecule has 44 heavy (non-hydrogen) atoms. The molecule has 2 saturated carbocycles. The Morgan fingerprint density at radius 2 is 1.61 bits per heavy atom. The molecule has 9 rings (SSSR count). The molecule has 13 nitrogen and oxygen atoms in total. The molecule has 0 aromatic heterocycles. The van der Waals surface area contributed by atoms with Crippen LogP contribution in [-0.4, -0.2) is 82.5 Å². The summed E-state index contributed by atoms with van der Waals surface area (Å²) in [4.78, 5) is 54.6. The maximum Gasteiger partial charge on any atom is 0.355 e. The Labute approximate surface area is 250 Å². The van der Waals surface area contributed by atoms with Crippen LogP contribution in [0.5, 0.6) is 23.0 Å². The molecule has 2 heterocycles. The molecule has 0 radical (unpaired) electrons. The molecule has 226 valence electrons. The highest BCUT2D eigenvalue weighted by atomic mass is 35.5. The van der Waals surface area contributed by atoms with E-state index in [0.29, 0.717) is 0 Å². The number of aliphatic hydroxyl groups excluding tert-OH is 3. The first-order valence-corrected chi connectivity index (χ1v) is 13.9. The fraction of sp³-hybridized carbons (Fsp3) is 0.333. The van der Waals surface area contributed by atoms with E-state index in [4.69, 9.17) is 21.1 Å². The van der Waals surface area contributed by atoms with Crippen LogP contribution in [0.4, 0.5) is 0 Å². The number of halogens is 1. The Kier molecular flexibility index (Phi) is 4.74. The molecule has 0 amide bonds. The number of carboxylic acid groups (broad SMARTS) is 1. The van der Waals surface area contributed by atoms with Crippen molar-refractivity contribution in [3.8, 4) is 23.0 Å². The first-order valence-electron chi connectivity index (χ1n) is 13.6. The molecule has 2 bridgehead atoms. The number of rotatable bonds is 1. The zero-order chi connectivity index (χ0) is 31.6. The number of Topliss-reactive ketones (excluding diaryl/α,β-unsaturated/α-hetero) is 3. The molecule has 2 aromatic carbocycles. The van der Waals surface area contributed by atoms with Gasteiger partial charge in [0.05, 0.1) is 38.6 Å². The minimum Gasteiger partial charge on any atom is -0.507 e. The predicted molar refractivity (Wildman–Crippen MR) is 145 cm³/mol. The Morgan fingerprint density at radius 3 is 2.27 bits per heavy atom. The number of hydrogen-bond acceptors (Lipinski definition) is 12. The third-order valence-corrected chi connectivity index (χ3v) is 10.6. The zero-order valence-electron chi connectivity index (χ0n) is 22.5. The summed E-state index contributed by atoms with van der Waals surface area (Å²) in [5.41, 5.74) is -9.37. The normalized spacial score (nSPS) is 34.2. The van der Waals surface area contributed by atoms with Crippen LogP contribution >= 0.6 is 11.6 Å². The molecule has 7 aliphatic rings. The van der Waals surface area contributed by atoms with Crippen molar-refractivity contribution in [3.05, 3.63) is 56.1 Å². The second kappa shape index (κ2) is 7.73. The molecule has 2 aliphatic heterocycles. The van der Waals surface area contributed by atoms with Gasteiger partial charge < -0.3 is 45.2 Å². The van der Waals surface area contributed by atoms with Crippen LogP contribution in [0.2, 0.25) is 5.02 Å². The predicted octanol–water partition coefficient (Wildman–Crippen LogP) is 2.20. The number of fused-ring (bicyclic) bond motifs is 3. The minimum absolute atomic E-state index is 0.0778. The number of phenolic OH excluding ortho intramolecular Hbond substituents is 3. The summed E-state index contributed by atoms with van der Waals surface area (Å²) >= 11 is 6.68. The highest BCUT2D eigenvalue weighted by Gasteiger charge is 2.80. The van der Waals surface area contributed by atoms with Gasteiger partial charge >= 0.3 is 5.97 Å². The molecular weight excluding hydrogens is 604 g/mol. The molecule has 1 spiro atoms. The molecule has 6 atom stereocenters. The molecule has 14 heteroatoms. The van der Waals surface area contributed by atoms with Crippen LogP contribution in [-0.2, 0) is 25.5 Å². The largest absolute Gasteiger partial charge is 0.507 e. The number of ether oxygens (including phenoxy) is 2. The number of carbonyl (C=O) groups is 4. The molecular formula is C30H21ClO13. The topological polar surface area (TPSA) is 232 Å². The van der Waals surface area contributed by atoms with Crippen molar-refractivity contribution in [3.63, 3.8) is 0 Å². The van der Waals surface area contributed by atoms with Crippen LogP contribution in [0.15, 0.2) is 23.3 Å². The third kappa shape index (κ3) is 2.59. The lowest BCUT2D eigenvalue weighted by Gasteiger charge is -2.43. The van der Waals surface area contributed by atoms with E-state index >= 15 is 0 Å². The maximum atomic E-state index is 14.5. The van der Waals surface area contributed by atoms with Gasteiger partial charge in [0.1, 0.15) is 57.9 Å². The van der Waals surface area contributed by atoms with Crippen molar-refractivity contribution < 1.29 is 64.4 Å². The number of benzene rings is 2. The standard InChI is InChI=1S/C30H21ClO13/c1-28-17-12-7(19(31)22(38)15-21(37)16-10(34)4-5-11(35)30(16,27(41)42)43-24(12)15)6-29(26(28)44-28)18(23(17)39)20(36)13-8(32)2-3-9(33)14(13)25(29)40/h2-3,11,17,26,32-33,35-38H,4-6H2,1H3,(H,41,42)/t11-,17?,26?,28?,29+,30+/m0/s1. The first-order chi connectivity index (χ1) is 20.7. The lowest BCUT2D eigenvalue weighted by Crippen LogP contribution is -2.61. The third-order valence-electron chi connectivity index (χ3n) is 10.1. The van der Waals surface area contributed by atoms with Gasteiger partial charge in [0.25, 0.3) is 5.60 Å². The summed E-state index contributed by atoms with van der Waals surface area (Å²) < 4.78 is 12.0.